The maximum atomic E-state index is 12.4. The number of nitrogens with zero attached hydrogens (tertiary/aromatic N) is 2. The second-order valence-corrected chi connectivity index (χ2v) is 7.68. The zero-order valence-corrected chi connectivity index (χ0v) is 16.6. The number of carbonyl (C=O) groups is 2. The summed E-state index contributed by atoms with van der Waals surface area (Å²) in [4.78, 5) is 29.2. The van der Waals surface area contributed by atoms with Crippen molar-refractivity contribution in [3.8, 4) is 0 Å². The van der Waals surface area contributed by atoms with E-state index in [0.717, 1.165) is 38.0 Å². The van der Waals surface area contributed by atoms with Crippen molar-refractivity contribution in [2.75, 3.05) is 37.6 Å². The molecular formula is C22H28N4O3. The Kier molecular flexibility index (Phi) is 6.14. The van der Waals surface area contributed by atoms with Gasteiger partial charge in [0.2, 0.25) is 11.8 Å². The summed E-state index contributed by atoms with van der Waals surface area (Å²) in [6.07, 6.45) is 5.46. The van der Waals surface area contributed by atoms with E-state index in [1.807, 2.05) is 11.0 Å². The Bertz CT molecular complexity index is 836. The first kappa shape index (κ1) is 19.5. The lowest BCUT2D eigenvalue weighted by molar-refractivity contribution is -0.134. The number of anilines is 1. The van der Waals surface area contributed by atoms with Crippen LogP contribution in [0.2, 0.25) is 0 Å². The molecule has 0 bridgehead atoms. The number of hydrogen-bond acceptors (Lipinski definition) is 5. The molecule has 1 aromatic heterocycles. The lowest BCUT2D eigenvalue weighted by atomic mass is 10.1. The molecule has 1 saturated heterocycles. The van der Waals surface area contributed by atoms with E-state index in [1.165, 1.54) is 11.3 Å². The number of carbonyl (C=O) groups excluding carboxylic acids is 2. The molecule has 2 aliphatic heterocycles. The summed E-state index contributed by atoms with van der Waals surface area (Å²) in [7, 11) is 0. The first-order valence-corrected chi connectivity index (χ1v) is 10.3. The van der Waals surface area contributed by atoms with Gasteiger partial charge < -0.3 is 20.0 Å². The average Bonchev–Trinajstić information content (AvgIpc) is 3.38. The van der Waals surface area contributed by atoms with Gasteiger partial charge in [-0.15, -0.1) is 0 Å². The highest BCUT2D eigenvalue weighted by atomic mass is 16.3. The first-order chi connectivity index (χ1) is 14.2. The molecule has 1 fully saturated rings. The number of furan rings is 1. The monoisotopic (exact) mass is 396 g/mol. The van der Waals surface area contributed by atoms with E-state index in [-0.39, 0.29) is 18.2 Å². The third-order valence-electron chi connectivity index (χ3n) is 5.70. The van der Waals surface area contributed by atoms with Gasteiger partial charge >= 0.3 is 0 Å². The molecule has 29 heavy (non-hydrogen) atoms. The van der Waals surface area contributed by atoms with Crippen LogP contribution in [0, 0.1) is 0 Å². The predicted octanol–water partition coefficient (Wildman–Crippen LogP) is 1.54. The molecule has 7 heteroatoms. The molecular weight excluding hydrogens is 368 g/mol. The molecule has 1 aromatic carbocycles. The third kappa shape index (κ3) is 4.79. The molecule has 1 unspecified atom stereocenters. The molecule has 2 amide bonds. The number of fused-ring (bicyclic) bond motifs is 1. The maximum Gasteiger partial charge on any atom is 0.237 e. The summed E-state index contributed by atoms with van der Waals surface area (Å²) in [6, 6.07) is 9.95. The quantitative estimate of drug-likeness (QED) is 0.662. The van der Waals surface area contributed by atoms with Gasteiger partial charge in [0.05, 0.1) is 25.0 Å². The van der Waals surface area contributed by atoms with Gasteiger partial charge in [0, 0.05) is 50.5 Å². The molecule has 0 aliphatic carbocycles. The van der Waals surface area contributed by atoms with Crippen molar-refractivity contribution < 1.29 is 14.0 Å². The zero-order valence-electron chi connectivity index (χ0n) is 16.6. The van der Waals surface area contributed by atoms with Crippen molar-refractivity contribution >= 4 is 17.5 Å². The fourth-order valence-electron chi connectivity index (χ4n) is 4.17. The van der Waals surface area contributed by atoms with Crippen LogP contribution in [0.3, 0.4) is 0 Å². The summed E-state index contributed by atoms with van der Waals surface area (Å²) < 4.78 is 5.12. The Morgan fingerprint density at radius 1 is 1.24 bits per heavy atom. The van der Waals surface area contributed by atoms with Gasteiger partial charge in [0.25, 0.3) is 0 Å². The second kappa shape index (κ2) is 9.13. The van der Waals surface area contributed by atoms with E-state index in [2.05, 4.69) is 39.8 Å². The number of benzene rings is 1. The summed E-state index contributed by atoms with van der Waals surface area (Å²) in [5.74, 6) is -0.158. The molecule has 3 heterocycles. The van der Waals surface area contributed by atoms with Crippen LogP contribution in [0.4, 0.5) is 5.69 Å². The van der Waals surface area contributed by atoms with E-state index in [4.69, 9.17) is 4.42 Å². The Labute approximate surface area is 171 Å². The topological polar surface area (TPSA) is 77.8 Å². The largest absolute Gasteiger partial charge is 0.472 e. The Balaban J connectivity index is 1.22. The Hall–Kier alpha value is -2.80. The van der Waals surface area contributed by atoms with E-state index in [9.17, 15) is 9.59 Å². The van der Waals surface area contributed by atoms with Crippen LogP contribution in [-0.2, 0) is 22.6 Å². The fourth-order valence-corrected chi connectivity index (χ4v) is 4.17. The van der Waals surface area contributed by atoms with Crippen molar-refractivity contribution in [3.63, 3.8) is 0 Å². The van der Waals surface area contributed by atoms with E-state index < -0.39 is 6.04 Å². The Morgan fingerprint density at radius 3 is 3.00 bits per heavy atom. The van der Waals surface area contributed by atoms with Crippen molar-refractivity contribution in [1.29, 1.82) is 0 Å². The number of rotatable bonds is 8. The summed E-state index contributed by atoms with van der Waals surface area (Å²) >= 11 is 0. The summed E-state index contributed by atoms with van der Waals surface area (Å²) in [5.41, 5.74) is 3.72. The Morgan fingerprint density at radius 2 is 2.14 bits per heavy atom. The number of para-hydroxylation sites is 1. The number of amides is 2. The SMILES string of the molecule is O=C(CC1C(=O)NCCN1Cc1ccoc1)NCCCN1CCc2ccccc21. The van der Waals surface area contributed by atoms with Crippen LogP contribution in [0.25, 0.3) is 0 Å². The second-order valence-electron chi connectivity index (χ2n) is 7.68. The van der Waals surface area contributed by atoms with Crippen LogP contribution in [-0.4, -0.2) is 55.5 Å². The summed E-state index contributed by atoms with van der Waals surface area (Å²) in [5, 5.41) is 5.86. The number of hydrogen-bond donors (Lipinski definition) is 2. The summed E-state index contributed by atoms with van der Waals surface area (Å²) in [6.45, 7) is 4.52. The maximum absolute atomic E-state index is 12.4. The highest BCUT2D eigenvalue weighted by Gasteiger charge is 2.31. The van der Waals surface area contributed by atoms with Crippen LogP contribution >= 0.6 is 0 Å². The minimum absolute atomic E-state index is 0.0777. The van der Waals surface area contributed by atoms with Gasteiger partial charge in [-0.25, -0.2) is 0 Å². The van der Waals surface area contributed by atoms with Crippen LogP contribution in [0.15, 0.2) is 47.3 Å². The lowest BCUT2D eigenvalue weighted by Crippen LogP contribution is -2.56. The van der Waals surface area contributed by atoms with Crippen molar-refractivity contribution in [1.82, 2.24) is 15.5 Å². The van der Waals surface area contributed by atoms with Gasteiger partial charge in [0.15, 0.2) is 0 Å². The van der Waals surface area contributed by atoms with Crippen LogP contribution in [0.1, 0.15) is 24.0 Å². The van der Waals surface area contributed by atoms with Gasteiger partial charge in [-0.3, -0.25) is 14.5 Å². The molecule has 154 valence electrons. The standard InChI is InChI=1S/C22H28N4O3/c27-21(23-8-3-10-25-11-6-18-4-1-2-5-19(18)25)14-20-22(28)24-9-12-26(20)15-17-7-13-29-16-17/h1-2,4-5,7,13,16,20H,3,6,8-12,14-15H2,(H,23,27)(H,24,28). The molecule has 0 saturated carbocycles. The highest BCUT2D eigenvalue weighted by Crippen LogP contribution is 2.27. The minimum Gasteiger partial charge on any atom is -0.472 e. The third-order valence-corrected chi connectivity index (χ3v) is 5.70. The molecule has 1 atom stereocenters. The highest BCUT2D eigenvalue weighted by molar-refractivity contribution is 5.88. The van der Waals surface area contributed by atoms with Crippen LogP contribution < -0.4 is 15.5 Å². The first-order valence-electron chi connectivity index (χ1n) is 10.3. The van der Waals surface area contributed by atoms with Crippen molar-refractivity contribution in [2.24, 2.45) is 0 Å². The smallest absolute Gasteiger partial charge is 0.237 e. The van der Waals surface area contributed by atoms with Gasteiger partial charge in [0.1, 0.15) is 0 Å². The molecule has 2 aromatic rings. The zero-order chi connectivity index (χ0) is 20.1. The molecule has 4 rings (SSSR count). The van der Waals surface area contributed by atoms with E-state index in [0.29, 0.717) is 19.6 Å². The molecule has 2 N–H and O–H groups in total. The number of piperazine rings is 1. The average molecular weight is 396 g/mol. The van der Waals surface area contributed by atoms with Crippen molar-refractivity contribution in [3.05, 3.63) is 54.0 Å². The fraction of sp³-hybridized carbons (Fsp3) is 0.455. The van der Waals surface area contributed by atoms with Gasteiger partial charge in [-0.1, -0.05) is 18.2 Å². The normalized spacial score (nSPS) is 19.1. The molecule has 0 spiro atoms. The predicted molar refractivity (Wildman–Crippen MR) is 111 cm³/mol. The van der Waals surface area contributed by atoms with E-state index >= 15 is 0 Å². The minimum atomic E-state index is -0.441. The van der Waals surface area contributed by atoms with Crippen molar-refractivity contribution in [2.45, 2.75) is 31.8 Å². The van der Waals surface area contributed by atoms with E-state index in [1.54, 1.807) is 12.5 Å². The molecule has 0 radical (unpaired) electrons. The van der Waals surface area contributed by atoms with Gasteiger partial charge in [-0.2, -0.15) is 0 Å². The molecule has 7 nitrogen and oxygen atoms in total. The number of nitrogens with one attached hydrogen (secondary N) is 2. The lowest BCUT2D eigenvalue weighted by Gasteiger charge is -2.34. The van der Waals surface area contributed by atoms with Gasteiger partial charge in [-0.05, 0) is 30.5 Å². The van der Waals surface area contributed by atoms with Crippen LogP contribution in [0.5, 0.6) is 0 Å². The molecule has 2 aliphatic rings.